The number of fused-ring (bicyclic) bond motifs is 1. The van der Waals surface area contributed by atoms with Gasteiger partial charge in [-0.1, -0.05) is 51.5 Å². The Morgan fingerprint density at radius 2 is 2.00 bits per heavy atom. The van der Waals surface area contributed by atoms with E-state index in [4.69, 9.17) is 0 Å². The molecule has 1 aliphatic carbocycles. The third kappa shape index (κ3) is 4.29. The van der Waals surface area contributed by atoms with Crippen LogP contribution in [0.1, 0.15) is 40.0 Å². The Labute approximate surface area is 107 Å². The van der Waals surface area contributed by atoms with Crippen LogP contribution in [0, 0.1) is 5.92 Å². The zero-order valence-electron chi connectivity index (χ0n) is 11.6. The van der Waals surface area contributed by atoms with Crippen molar-refractivity contribution in [3.05, 3.63) is 24.3 Å². The summed E-state index contributed by atoms with van der Waals surface area (Å²) in [4.78, 5) is 0. The van der Waals surface area contributed by atoms with Crippen LogP contribution in [0.2, 0.25) is 0 Å². The number of allylic oxidation sites excluding steroid dienone is 2. The second kappa shape index (κ2) is 8.48. The van der Waals surface area contributed by atoms with Gasteiger partial charge in [0, 0.05) is 18.0 Å². The van der Waals surface area contributed by atoms with Crippen molar-refractivity contribution in [2.45, 2.75) is 52.1 Å². The molecule has 1 aliphatic heterocycles. The van der Waals surface area contributed by atoms with Gasteiger partial charge in [-0.2, -0.15) is 0 Å². The second-order valence-corrected chi connectivity index (χ2v) is 4.53. The van der Waals surface area contributed by atoms with E-state index in [-0.39, 0.29) is 0 Å². The third-order valence-corrected chi connectivity index (χ3v) is 3.41. The highest BCUT2D eigenvalue weighted by Crippen LogP contribution is 2.22. The predicted molar refractivity (Wildman–Crippen MR) is 76.2 cm³/mol. The minimum Gasteiger partial charge on any atom is -0.313 e. The van der Waals surface area contributed by atoms with Crippen molar-refractivity contribution in [2.24, 2.45) is 5.92 Å². The summed E-state index contributed by atoms with van der Waals surface area (Å²) in [7, 11) is 0. The van der Waals surface area contributed by atoms with E-state index in [1.54, 1.807) is 0 Å². The molecule has 0 aromatic rings. The Morgan fingerprint density at radius 3 is 2.76 bits per heavy atom. The van der Waals surface area contributed by atoms with Crippen molar-refractivity contribution in [3.8, 4) is 0 Å². The first-order valence-electron chi connectivity index (χ1n) is 7.23. The van der Waals surface area contributed by atoms with E-state index in [0.717, 1.165) is 6.54 Å². The lowest BCUT2D eigenvalue weighted by Gasteiger charge is -2.37. The normalized spacial score (nSPS) is 30.4. The van der Waals surface area contributed by atoms with Crippen molar-refractivity contribution in [1.29, 1.82) is 0 Å². The summed E-state index contributed by atoms with van der Waals surface area (Å²) in [5, 5.41) is 7.26. The van der Waals surface area contributed by atoms with E-state index in [2.05, 4.69) is 41.9 Å². The Hall–Kier alpha value is -0.600. The van der Waals surface area contributed by atoms with Gasteiger partial charge < -0.3 is 10.6 Å². The zero-order chi connectivity index (χ0) is 12.5. The first kappa shape index (κ1) is 14.5. The molecule has 1 heterocycles. The SMILES string of the molecule is CC.CCCCNC1CCNC2C=CC=CC21. The van der Waals surface area contributed by atoms with E-state index in [1.807, 2.05) is 13.8 Å². The van der Waals surface area contributed by atoms with Crippen LogP contribution in [0.15, 0.2) is 24.3 Å². The Balaban J connectivity index is 0.000000686. The Kier molecular flexibility index (Phi) is 7.22. The standard InChI is InChI=1S/C13H22N2.C2H6/c1-2-3-9-14-13-8-10-15-12-7-5-4-6-11(12)13;1-2/h4-7,11-15H,2-3,8-10H2,1H3;1-2H3. The molecule has 2 nitrogen and oxygen atoms in total. The topological polar surface area (TPSA) is 24.1 Å². The van der Waals surface area contributed by atoms with Crippen LogP contribution < -0.4 is 10.6 Å². The van der Waals surface area contributed by atoms with Gasteiger partial charge in [0.05, 0.1) is 0 Å². The first-order valence-corrected chi connectivity index (χ1v) is 7.23. The van der Waals surface area contributed by atoms with Crippen molar-refractivity contribution in [1.82, 2.24) is 10.6 Å². The Morgan fingerprint density at radius 1 is 1.24 bits per heavy atom. The monoisotopic (exact) mass is 236 g/mol. The van der Waals surface area contributed by atoms with Gasteiger partial charge in [-0.25, -0.2) is 0 Å². The molecule has 17 heavy (non-hydrogen) atoms. The molecule has 1 fully saturated rings. The van der Waals surface area contributed by atoms with Crippen LogP contribution in [-0.2, 0) is 0 Å². The predicted octanol–water partition coefficient (Wildman–Crippen LogP) is 2.88. The number of nitrogens with one attached hydrogen (secondary N) is 2. The molecule has 1 saturated heterocycles. The maximum Gasteiger partial charge on any atom is 0.0331 e. The van der Waals surface area contributed by atoms with E-state index < -0.39 is 0 Å². The lowest BCUT2D eigenvalue weighted by atomic mass is 9.83. The molecule has 0 saturated carbocycles. The summed E-state index contributed by atoms with van der Waals surface area (Å²) in [5.41, 5.74) is 0. The van der Waals surface area contributed by atoms with Crippen molar-refractivity contribution in [3.63, 3.8) is 0 Å². The van der Waals surface area contributed by atoms with Crippen LogP contribution in [0.25, 0.3) is 0 Å². The zero-order valence-corrected chi connectivity index (χ0v) is 11.6. The maximum atomic E-state index is 3.70. The van der Waals surface area contributed by atoms with Gasteiger partial charge in [0.2, 0.25) is 0 Å². The van der Waals surface area contributed by atoms with E-state index in [0.29, 0.717) is 18.0 Å². The molecular weight excluding hydrogens is 208 g/mol. The summed E-state index contributed by atoms with van der Waals surface area (Å²) in [6.45, 7) is 8.56. The minimum absolute atomic E-state index is 0.558. The van der Waals surface area contributed by atoms with Crippen LogP contribution in [0.4, 0.5) is 0 Å². The van der Waals surface area contributed by atoms with Crippen LogP contribution >= 0.6 is 0 Å². The molecule has 2 rings (SSSR count). The largest absolute Gasteiger partial charge is 0.313 e. The molecule has 0 amide bonds. The molecule has 3 unspecified atom stereocenters. The van der Waals surface area contributed by atoms with Crippen LogP contribution in [0.3, 0.4) is 0 Å². The average Bonchev–Trinajstić information content (AvgIpc) is 2.42. The van der Waals surface area contributed by atoms with Crippen LogP contribution in [-0.4, -0.2) is 25.2 Å². The molecule has 0 aromatic heterocycles. The number of hydrogen-bond donors (Lipinski definition) is 2. The minimum atomic E-state index is 0.558. The van der Waals surface area contributed by atoms with Crippen molar-refractivity contribution < 1.29 is 0 Å². The van der Waals surface area contributed by atoms with Crippen LogP contribution in [0.5, 0.6) is 0 Å². The quantitative estimate of drug-likeness (QED) is 0.733. The summed E-state index contributed by atoms with van der Waals surface area (Å²) in [5.74, 6) is 0.653. The highest BCUT2D eigenvalue weighted by Gasteiger charge is 2.29. The van der Waals surface area contributed by atoms with Gasteiger partial charge in [-0.15, -0.1) is 0 Å². The second-order valence-electron chi connectivity index (χ2n) is 4.53. The average molecular weight is 236 g/mol. The molecule has 3 atom stereocenters. The lowest BCUT2D eigenvalue weighted by Crippen LogP contribution is -2.52. The summed E-state index contributed by atoms with van der Waals surface area (Å²) >= 11 is 0. The summed E-state index contributed by atoms with van der Waals surface area (Å²) in [6, 6.07) is 1.23. The van der Waals surface area contributed by atoms with Gasteiger partial charge in [0.15, 0.2) is 0 Å². The van der Waals surface area contributed by atoms with Gasteiger partial charge in [-0.05, 0) is 25.9 Å². The number of rotatable bonds is 4. The number of piperidine rings is 1. The molecule has 0 radical (unpaired) electrons. The molecule has 0 bridgehead atoms. The third-order valence-electron chi connectivity index (χ3n) is 3.41. The molecular formula is C15H28N2. The summed E-state index contributed by atoms with van der Waals surface area (Å²) in [6.07, 6.45) is 12.8. The molecule has 0 spiro atoms. The fourth-order valence-corrected chi connectivity index (χ4v) is 2.51. The fraction of sp³-hybridized carbons (Fsp3) is 0.733. The van der Waals surface area contributed by atoms with E-state index in [9.17, 15) is 0 Å². The smallest absolute Gasteiger partial charge is 0.0331 e. The van der Waals surface area contributed by atoms with Gasteiger partial charge >= 0.3 is 0 Å². The first-order chi connectivity index (χ1) is 8.42. The number of unbranched alkanes of at least 4 members (excludes halogenated alkanes) is 1. The van der Waals surface area contributed by atoms with Crippen molar-refractivity contribution >= 4 is 0 Å². The highest BCUT2D eigenvalue weighted by atomic mass is 15.0. The summed E-state index contributed by atoms with van der Waals surface area (Å²) < 4.78 is 0. The molecule has 0 aromatic carbocycles. The maximum absolute atomic E-state index is 3.70. The molecule has 98 valence electrons. The van der Waals surface area contributed by atoms with Gasteiger partial charge in [0.25, 0.3) is 0 Å². The molecule has 2 N–H and O–H groups in total. The van der Waals surface area contributed by atoms with E-state index in [1.165, 1.54) is 25.8 Å². The van der Waals surface area contributed by atoms with Crippen molar-refractivity contribution in [2.75, 3.05) is 13.1 Å². The molecule has 2 heteroatoms. The van der Waals surface area contributed by atoms with Gasteiger partial charge in [0.1, 0.15) is 0 Å². The fourth-order valence-electron chi connectivity index (χ4n) is 2.51. The molecule has 2 aliphatic rings. The Bertz CT molecular complexity index is 245. The van der Waals surface area contributed by atoms with E-state index >= 15 is 0 Å². The lowest BCUT2D eigenvalue weighted by molar-refractivity contribution is 0.280. The van der Waals surface area contributed by atoms with Gasteiger partial charge in [-0.3, -0.25) is 0 Å². The highest BCUT2D eigenvalue weighted by molar-refractivity contribution is 5.20. The number of hydrogen-bond acceptors (Lipinski definition) is 2.